The summed E-state index contributed by atoms with van der Waals surface area (Å²) < 4.78 is 90.2. The minimum Gasteiger partial charge on any atom is -0.481 e. The topological polar surface area (TPSA) is 206 Å². The molecule has 0 saturated heterocycles. The molecular weight excluding hydrogens is 972 g/mol. The van der Waals surface area contributed by atoms with Gasteiger partial charge in [-0.3, -0.25) is 28.8 Å². The molecule has 3 saturated carbocycles. The zero-order valence-electron chi connectivity index (χ0n) is 42.0. The molecule has 20 heteroatoms. The second-order valence-corrected chi connectivity index (χ2v) is 24.7. The molecule has 71 heavy (non-hydrogen) atoms. The molecule has 2 amide bonds. The molecule has 6 rings (SSSR count). The fourth-order valence-electron chi connectivity index (χ4n) is 11.7. The van der Waals surface area contributed by atoms with Crippen molar-refractivity contribution < 1.29 is 78.7 Å². The average molecular weight is 1040 g/mol. The van der Waals surface area contributed by atoms with E-state index in [-0.39, 0.29) is 68.1 Å². The van der Waals surface area contributed by atoms with Gasteiger partial charge >= 0.3 is 39.5 Å². The fraction of sp³-hybridized carbons (Fsp3) is 0.686. The van der Waals surface area contributed by atoms with Crippen LogP contribution in [0, 0.1) is 45.3 Å². The van der Waals surface area contributed by atoms with Gasteiger partial charge in [0.25, 0.3) is 11.8 Å². The third-order valence-corrected chi connectivity index (χ3v) is 17.4. The largest absolute Gasteiger partial charge is 0.525 e. The quantitative estimate of drug-likeness (QED) is 0.0274. The highest BCUT2D eigenvalue weighted by Gasteiger charge is 2.58. The Morgan fingerprint density at radius 3 is 1.97 bits per heavy atom. The lowest BCUT2D eigenvalue weighted by atomic mass is 9.61. The van der Waals surface area contributed by atoms with Crippen molar-refractivity contribution in [1.29, 1.82) is 0 Å². The molecule has 3 fully saturated rings. The highest BCUT2D eigenvalue weighted by molar-refractivity contribution is 7.99. The van der Waals surface area contributed by atoms with Crippen LogP contribution in [0.1, 0.15) is 154 Å². The molecule has 15 nitrogen and oxygen atoms in total. The minimum atomic E-state index is -6.32. The van der Waals surface area contributed by atoms with Crippen molar-refractivity contribution in [3.63, 3.8) is 0 Å². The summed E-state index contributed by atoms with van der Waals surface area (Å²) in [4.78, 5) is 82.6. The van der Waals surface area contributed by atoms with Gasteiger partial charge in [-0.15, -0.1) is 21.1 Å². The molecular formula is C51H68F3NO14S2. The van der Waals surface area contributed by atoms with Crippen molar-refractivity contribution in [2.45, 2.75) is 155 Å². The average Bonchev–Trinajstić information content (AvgIpc) is 4.02. The number of alkyl halides is 3. The van der Waals surface area contributed by atoms with Crippen LogP contribution in [-0.4, -0.2) is 97.1 Å². The number of ether oxygens (including phenoxy) is 4. The SMILES string of the molecule is CCC(C)(CC(C)(CC(C)(CC(C)(CC)C(=O)OC(C)(C)C)C(=O)O)C(=O)OCCOCCCSc1ccc2c3c(cccc13)C(=O)N(OS(=O)(=O)C(F)(F)F)C2=O)C(=O)OC1CC2CC1C1CCCC21. The molecule has 9 unspecified atom stereocenters. The van der Waals surface area contributed by atoms with Gasteiger partial charge in [0, 0.05) is 22.6 Å². The van der Waals surface area contributed by atoms with Crippen molar-refractivity contribution >= 4 is 68.3 Å². The van der Waals surface area contributed by atoms with Gasteiger partial charge < -0.3 is 24.1 Å². The number of fused-ring (bicyclic) bond motifs is 5. The van der Waals surface area contributed by atoms with E-state index in [1.807, 2.05) is 6.92 Å². The monoisotopic (exact) mass is 1040 g/mol. The number of amides is 2. The molecule has 2 bridgehead atoms. The summed E-state index contributed by atoms with van der Waals surface area (Å²) in [6.07, 6.45) is 5.78. The van der Waals surface area contributed by atoms with E-state index in [1.54, 1.807) is 54.5 Å². The number of rotatable bonds is 23. The number of carbonyl (C=O) groups excluding carboxylic acids is 5. The molecule has 1 heterocycles. The number of thioether (sulfide) groups is 1. The van der Waals surface area contributed by atoms with E-state index in [4.69, 9.17) is 18.9 Å². The summed E-state index contributed by atoms with van der Waals surface area (Å²) in [7, 11) is -6.32. The number of hydrogen-bond acceptors (Lipinski definition) is 14. The molecule has 0 spiro atoms. The molecule has 394 valence electrons. The number of carboxylic acid groups (broad SMARTS) is 1. The van der Waals surface area contributed by atoms with Crippen LogP contribution < -0.4 is 0 Å². The summed E-state index contributed by atoms with van der Waals surface area (Å²) in [5.74, 6) is -3.10. The van der Waals surface area contributed by atoms with Gasteiger partial charge in [-0.1, -0.05) is 32.4 Å². The van der Waals surface area contributed by atoms with Crippen molar-refractivity contribution in [1.82, 2.24) is 5.06 Å². The molecule has 0 aromatic heterocycles. The van der Waals surface area contributed by atoms with Crippen LogP contribution in [-0.2, 0) is 52.5 Å². The maximum absolute atomic E-state index is 14.5. The molecule has 2 aromatic rings. The minimum absolute atomic E-state index is 0.0252. The van der Waals surface area contributed by atoms with Gasteiger partial charge in [0.05, 0.1) is 39.4 Å². The number of carboxylic acids is 1. The number of carbonyl (C=O) groups is 6. The third-order valence-electron chi connectivity index (χ3n) is 15.4. The van der Waals surface area contributed by atoms with Gasteiger partial charge in [0.2, 0.25) is 0 Å². The number of hydrogen-bond donors (Lipinski definition) is 1. The highest BCUT2D eigenvalue weighted by Crippen LogP contribution is 2.60. The van der Waals surface area contributed by atoms with E-state index in [0.717, 1.165) is 19.3 Å². The predicted molar refractivity (Wildman–Crippen MR) is 255 cm³/mol. The zero-order valence-corrected chi connectivity index (χ0v) is 43.7. The Balaban J connectivity index is 1.10. The highest BCUT2D eigenvalue weighted by atomic mass is 32.2. The number of aliphatic carboxylic acids is 1. The van der Waals surface area contributed by atoms with Crippen LogP contribution in [0.2, 0.25) is 0 Å². The van der Waals surface area contributed by atoms with Gasteiger partial charge in [-0.2, -0.15) is 21.6 Å². The number of nitrogens with zero attached hydrogens (tertiary/aromatic N) is 1. The maximum atomic E-state index is 14.5. The van der Waals surface area contributed by atoms with E-state index in [9.17, 15) is 55.5 Å². The molecule has 3 aliphatic carbocycles. The van der Waals surface area contributed by atoms with Gasteiger partial charge in [-0.05, 0) is 160 Å². The molecule has 2 aromatic carbocycles. The summed E-state index contributed by atoms with van der Waals surface area (Å²) in [5.41, 5.74) is -12.8. The first-order valence-electron chi connectivity index (χ1n) is 24.4. The summed E-state index contributed by atoms with van der Waals surface area (Å²) in [6, 6.07) is 7.10. The van der Waals surface area contributed by atoms with Gasteiger partial charge in [0.15, 0.2) is 0 Å². The lowest BCUT2D eigenvalue weighted by Gasteiger charge is -2.43. The van der Waals surface area contributed by atoms with Crippen LogP contribution >= 0.6 is 11.8 Å². The second kappa shape index (κ2) is 20.9. The van der Waals surface area contributed by atoms with Crippen molar-refractivity contribution in [3.8, 4) is 0 Å². The van der Waals surface area contributed by atoms with Gasteiger partial charge in [-0.25, -0.2) is 0 Å². The Hall–Kier alpha value is -4.27. The van der Waals surface area contributed by atoms with E-state index >= 15 is 0 Å². The number of hydroxylamine groups is 2. The summed E-state index contributed by atoms with van der Waals surface area (Å²) in [5, 5.41) is 11.1. The first-order chi connectivity index (χ1) is 32.9. The first kappa shape index (κ1) is 56.0. The Kier molecular flexibility index (Phi) is 16.5. The Labute approximate surface area is 418 Å². The predicted octanol–water partition coefficient (Wildman–Crippen LogP) is 10.1. The first-order valence-corrected chi connectivity index (χ1v) is 26.8. The number of halogens is 3. The fourth-order valence-corrected chi connectivity index (χ4v) is 13.1. The van der Waals surface area contributed by atoms with Crippen LogP contribution in [0.4, 0.5) is 13.2 Å². The van der Waals surface area contributed by atoms with Crippen LogP contribution in [0.3, 0.4) is 0 Å². The second-order valence-electron chi connectivity index (χ2n) is 22.1. The molecule has 1 aliphatic heterocycles. The molecule has 1 N–H and O–H groups in total. The van der Waals surface area contributed by atoms with Crippen molar-refractivity contribution in [2.75, 3.05) is 25.6 Å². The van der Waals surface area contributed by atoms with Gasteiger partial charge in [0.1, 0.15) is 18.3 Å². The van der Waals surface area contributed by atoms with Crippen molar-refractivity contribution in [3.05, 3.63) is 41.5 Å². The smallest absolute Gasteiger partial charge is 0.481 e. The summed E-state index contributed by atoms with van der Waals surface area (Å²) in [6.45, 7) is 15.4. The number of benzene rings is 2. The van der Waals surface area contributed by atoms with E-state index < -0.39 is 83.6 Å². The van der Waals surface area contributed by atoms with E-state index in [2.05, 4.69) is 4.28 Å². The van der Waals surface area contributed by atoms with E-state index in [0.29, 0.717) is 52.5 Å². The number of imide groups is 1. The molecule has 9 atom stereocenters. The lowest BCUT2D eigenvalue weighted by Crippen LogP contribution is -2.48. The van der Waals surface area contributed by atoms with Crippen molar-refractivity contribution in [2.24, 2.45) is 45.3 Å². The molecule has 4 aliphatic rings. The number of esters is 3. The Morgan fingerprint density at radius 2 is 1.35 bits per heavy atom. The Bertz CT molecular complexity index is 2490. The summed E-state index contributed by atoms with van der Waals surface area (Å²) >= 11 is 1.34. The van der Waals surface area contributed by atoms with Crippen LogP contribution in [0.5, 0.6) is 0 Å². The standard InChI is InChI=1S/C51H68F3NO14S2/c1-10-47(6,44(61)67-37-26-30-25-36(37)32-16-12-15-31(30)32)28-50(9,29-49(8,42(58)59)27-48(7,11-2)45(62)68-46(3,4)5)43(60)66-23-22-65-21-14-24-70-38-20-19-35-39-33(38)17-13-18-34(39)40(56)55(41(35)57)69-71(63,64)51(52,53)54/h13,17-20,30-32,36-37H,10-12,14-16,21-29H2,1-9H3,(H,58,59). The van der Waals surface area contributed by atoms with Crippen LogP contribution in [0.15, 0.2) is 35.2 Å². The maximum Gasteiger partial charge on any atom is 0.525 e. The normalized spacial score (nSPS) is 24.4. The third kappa shape index (κ3) is 11.8. The lowest BCUT2D eigenvalue weighted by molar-refractivity contribution is -0.175. The van der Waals surface area contributed by atoms with Crippen LogP contribution in [0.25, 0.3) is 10.8 Å². The molecule has 0 radical (unpaired) electrons. The Morgan fingerprint density at radius 1 is 0.746 bits per heavy atom. The van der Waals surface area contributed by atoms with E-state index in [1.165, 1.54) is 55.8 Å². The zero-order chi connectivity index (χ0) is 52.7.